The lowest BCUT2D eigenvalue weighted by Gasteiger charge is -2.34. The molecule has 1 aliphatic heterocycles. The molecule has 1 atom stereocenters. The van der Waals surface area contributed by atoms with Crippen molar-refractivity contribution in [3.05, 3.63) is 34.3 Å². The topological polar surface area (TPSA) is 41.6 Å². The third-order valence-electron chi connectivity index (χ3n) is 4.28. The number of hydrogen-bond acceptors (Lipinski definition) is 2. The average molecular weight is 353 g/mol. The zero-order chi connectivity index (χ0) is 14.7. The molecule has 3 rings (SSSR count). The first kappa shape index (κ1) is 14.9. The van der Waals surface area contributed by atoms with Gasteiger partial charge in [0.15, 0.2) is 0 Å². The molecule has 2 fully saturated rings. The van der Waals surface area contributed by atoms with Gasteiger partial charge in [0.1, 0.15) is 6.10 Å². The van der Waals surface area contributed by atoms with E-state index in [0.29, 0.717) is 25.7 Å². The highest BCUT2D eigenvalue weighted by Crippen LogP contribution is 2.24. The number of urea groups is 1. The Bertz CT molecular complexity index is 486. The number of amides is 2. The Kier molecular flexibility index (Phi) is 4.80. The summed E-state index contributed by atoms with van der Waals surface area (Å²) in [4.78, 5) is 14.2. The monoisotopic (exact) mass is 352 g/mol. The molecule has 0 bridgehead atoms. The first-order valence-electron chi connectivity index (χ1n) is 7.65. The fraction of sp³-hybridized carbons (Fsp3) is 0.562. The quantitative estimate of drug-likeness (QED) is 0.885. The summed E-state index contributed by atoms with van der Waals surface area (Å²) < 4.78 is 6.87. The summed E-state index contributed by atoms with van der Waals surface area (Å²) in [6.45, 7) is 1.89. The van der Waals surface area contributed by atoms with Gasteiger partial charge in [-0.2, -0.15) is 0 Å². The van der Waals surface area contributed by atoms with E-state index in [-0.39, 0.29) is 12.1 Å². The predicted molar refractivity (Wildman–Crippen MR) is 85.2 cm³/mol. The summed E-state index contributed by atoms with van der Waals surface area (Å²) in [6.07, 6.45) is 4.67. The summed E-state index contributed by atoms with van der Waals surface area (Å²) in [6, 6.07) is 8.55. The van der Waals surface area contributed by atoms with Crippen LogP contribution in [0.1, 0.15) is 37.4 Å². The maximum Gasteiger partial charge on any atom is 0.317 e. The molecule has 0 radical (unpaired) electrons. The van der Waals surface area contributed by atoms with Gasteiger partial charge in [-0.15, -0.1) is 0 Å². The number of nitrogens with zero attached hydrogens (tertiary/aromatic N) is 1. The molecule has 1 N–H and O–H groups in total. The van der Waals surface area contributed by atoms with Gasteiger partial charge in [-0.1, -0.05) is 40.9 Å². The highest BCUT2D eigenvalue weighted by atomic mass is 79.9. The fourth-order valence-electron chi connectivity index (χ4n) is 3.05. The zero-order valence-electron chi connectivity index (χ0n) is 12.1. The highest BCUT2D eigenvalue weighted by Gasteiger charge is 2.27. The molecule has 2 amide bonds. The maximum atomic E-state index is 12.3. The number of morpholine rings is 1. The summed E-state index contributed by atoms with van der Waals surface area (Å²) >= 11 is 3.44. The van der Waals surface area contributed by atoms with Gasteiger partial charge >= 0.3 is 6.03 Å². The van der Waals surface area contributed by atoms with Crippen LogP contribution in [0.2, 0.25) is 0 Å². The Labute approximate surface area is 134 Å². The van der Waals surface area contributed by atoms with E-state index in [0.717, 1.165) is 22.9 Å². The van der Waals surface area contributed by atoms with Crippen molar-refractivity contribution in [2.75, 3.05) is 19.7 Å². The number of ether oxygens (including phenoxy) is 1. The third-order valence-corrected chi connectivity index (χ3v) is 4.81. The number of halogens is 1. The number of nitrogens with one attached hydrogen (secondary N) is 1. The van der Waals surface area contributed by atoms with E-state index >= 15 is 0 Å². The van der Waals surface area contributed by atoms with Crippen molar-refractivity contribution in [3.63, 3.8) is 0 Å². The summed E-state index contributed by atoms with van der Waals surface area (Å²) in [5.41, 5.74) is 1.12. The van der Waals surface area contributed by atoms with Gasteiger partial charge in [-0.25, -0.2) is 4.79 Å². The van der Waals surface area contributed by atoms with E-state index in [4.69, 9.17) is 4.74 Å². The molecule has 5 heteroatoms. The molecule has 1 aliphatic carbocycles. The molecule has 0 aromatic heterocycles. The SMILES string of the molecule is O=C(NC1CCCC1)N1CCOC(c2ccc(Br)cc2)C1. The minimum atomic E-state index is -0.0267. The molecule has 21 heavy (non-hydrogen) atoms. The molecule has 1 saturated carbocycles. The van der Waals surface area contributed by atoms with Crippen LogP contribution in [0.25, 0.3) is 0 Å². The van der Waals surface area contributed by atoms with E-state index in [1.807, 2.05) is 29.2 Å². The van der Waals surface area contributed by atoms with E-state index in [9.17, 15) is 4.79 Å². The number of carbonyl (C=O) groups is 1. The fourth-order valence-corrected chi connectivity index (χ4v) is 3.31. The van der Waals surface area contributed by atoms with Crippen molar-refractivity contribution in [1.82, 2.24) is 10.2 Å². The van der Waals surface area contributed by atoms with Crippen LogP contribution >= 0.6 is 15.9 Å². The molecule has 4 nitrogen and oxygen atoms in total. The van der Waals surface area contributed by atoms with Gasteiger partial charge in [0.2, 0.25) is 0 Å². The van der Waals surface area contributed by atoms with Crippen LogP contribution in [-0.4, -0.2) is 36.7 Å². The molecule has 1 aromatic carbocycles. The minimum Gasteiger partial charge on any atom is -0.370 e. The van der Waals surface area contributed by atoms with Crippen LogP contribution in [0.5, 0.6) is 0 Å². The van der Waals surface area contributed by atoms with Crippen molar-refractivity contribution in [1.29, 1.82) is 0 Å². The van der Waals surface area contributed by atoms with Gasteiger partial charge in [0.25, 0.3) is 0 Å². The normalized spacial score (nSPS) is 23.3. The van der Waals surface area contributed by atoms with Gasteiger partial charge in [0, 0.05) is 17.1 Å². The number of benzene rings is 1. The number of carbonyl (C=O) groups excluding carboxylic acids is 1. The second-order valence-electron chi connectivity index (χ2n) is 5.79. The Morgan fingerprint density at radius 2 is 1.95 bits per heavy atom. The molecule has 114 valence electrons. The molecule has 1 saturated heterocycles. The molecule has 1 aromatic rings. The molecular formula is C16H21BrN2O2. The van der Waals surface area contributed by atoms with Crippen LogP contribution < -0.4 is 5.32 Å². The largest absolute Gasteiger partial charge is 0.370 e. The van der Waals surface area contributed by atoms with Crippen molar-refractivity contribution in [2.24, 2.45) is 0 Å². The maximum absolute atomic E-state index is 12.3. The minimum absolute atomic E-state index is 0.0267. The lowest BCUT2D eigenvalue weighted by atomic mass is 10.1. The van der Waals surface area contributed by atoms with Crippen LogP contribution in [0, 0.1) is 0 Å². The Balaban J connectivity index is 1.59. The standard InChI is InChI=1S/C16H21BrN2O2/c17-13-7-5-12(6-8-13)15-11-19(9-10-21-15)16(20)18-14-3-1-2-4-14/h5-8,14-15H,1-4,9-11H2,(H,18,20). The second kappa shape index (κ2) is 6.79. The Morgan fingerprint density at radius 3 is 2.67 bits per heavy atom. The van der Waals surface area contributed by atoms with Crippen LogP contribution in [0.15, 0.2) is 28.7 Å². The second-order valence-corrected chi connectivity index (χ2v) is 6.70. The lowest BCUT2D eigenvalue weighted by molar-refractivity contribution is -0.0157. The van der Waals surface area contributed by atoms with Crippen LogP contribution in [0.4, 0.5) is 4.79 Å². The molecule has 1 unspecified atom stereocenters. The molecule has 1 heterocycles. The van der Waals surface area contributed by atoms with E-state index < -0.39 is 0 Å². The smallest absolute Gasteiger partial charge is 0.317 e. The summed E-state index contributed by atoms with van der Waals surface area (Å²) in [5.74, 6) is 0. The van der Waals surface area contributed by atoms with Gasteiger partial charge in [-0.3, -0.25) is 0 Å². The predicted octanol–water partition coefficient (Wildman–Crippen LogP) is 3.47. The molecule has 2 aliphatic rings. The zero-order valence-corrected chi connectivity index (χ0v) is 13.6. The Morgan fingerprint density at radius 1 is 1.24 bits per heavy atom. The van der Waals surface area contributed by atoms with Crippen molar-refractivity contribution in [3.8, 4) is 0 Å². The third kappa shape index (κ3) is 3.77. The first-order chi connectivity index (χ1) is 10.2. The number of hydrogen-bond donors (Lipinski definition) is 1. The van der Waals surface area contributed by atoms with E-state index in [1.54, 1.807) is 0 Å². The highest BCUT2D eigenvalue weighted by molar-refractivity contribution is 9.10. The van der Waals surface area contributed by atoms with Gasteiger partial charge in [0.05, 0.1) is 13.2 Å². The Hall–Kier alpha value is -1.07. The number of rotatable bonds is 2. The average Bonchev–Trinajstić information content (AvgIpc) is 3.01. The van der Waals surface area contributed by atoms with Crippen molar-refractivity contribution in [2.45, 2.75) is 37.8 Å². The lowest BCUT2D eigenvalue weighted by Crippen LogP contribution is -2.49. The van der Waals surface area contributed by atoms with Crippen LogP contribution in [-0.2, 0) is 4.74 Å². The van der Waals surface area contributed by atoms with Crippen molar-refractivity contribution < 1.29 is 9.53 Å². The van der Waals surface area contributed by atoms with Crippen LogP contribution in [0.3, 0.4) is 0 Å². The van der Waals surface area contributed by atoms with Gasteiger partial charge in [-0.05, 0) is 30.5 Å². The first-order valence-corrected chi connectivity index (χ1v) is 8.44. The summed E-state index contributed by atoms with van der Waals surface area (Å²) in [7, 11) is 0. The van der Waals surface area contributed by atoms with Crippen molar-refractivity contribution >= 4 is 22.0 Å². The van der Waals surface area contributed by atoms with E-state index in [2.05, 4.69) is 21.2 Å². The summed E-state index contributed by atoms with van der Waals surface area (Å²) in [5, 5.41) is 3.15. The molecule has 0 spiro atoms. The van der Waals surface area contributed by atoms with Gasteiger partial charge < -0.3 is 15.0 Å². The van der Waals surface area contributed by atoms with E-state index in [1.165, 1.54) is 12.8 Å². The molecular weight excluding hydrogens is 332 g/mol.